The van der Waals surface area contributed by atoms with Crippen LogP contribution in [0.15, 0.2) is 0 Å². The van der Waals surface area contributed by atoms with Crippen LogP contribution in [0, 0.1) is 17.2 Å². The molecule has 4 heteroatoms. The van der Waals surface area contributed by atoms with E-state index >= 15 is 0 Å². The first-order chi connectivity index (χ1) is 7.51. The molecule has 1 amide bonds. The Hall–Kier alpha value is -1.08. The fourth-order valence-corrected chi connectivity index (χ4v) is 1.45. The molecule has 0 aromatic carbocycles. The molecular weight excluding hydrogens is 202 g/mol. The first kappa shape index (κ1) is 14.9. The largest absolute Gasteiger partial charge is 0.345 e. The SMILES string of the molecule is CCN(C)C(=O)CN(CCC#N)CC(C)C. The molecule has 0 unspecified atom stereocenters. The van der Waals surface area contributed by atoms with Gasteiger partial charge in [-0.15, -0.1) is 0 Å². The zero-order valence-corrected chi connectivity index (χ0v) is 10.9. The Morgan fingerprint density at radius 3 is 2.50 bits per heavy atom. The first-order valence-electron chi connectivity index (χ1n) is 5.84. The number of nitriles is 1. The predicted octanol–water partition coefficient (Wildman–Crippen LogP) is 1.34. The summed E-state index contributed by atoms with van der Waals surface area (Å²) in [4.78, 5) is 15.5. The summed E-state index contributed by atoms with van der Waals surface area (Å²) in [6.45, 7) is 8.89. The number of amides is 1. The number of carbonyl (C=O) groups excluding carboxylic acids is 1. The van der Waals surface area contributed by atoms with Crippen LogP contribution >= 0.6 is 0 Å². The van der Waals surface area contributed by atoms with Crippen LogP contribution in [0.1, 0.15) is 27.2 Å². The average Bonchev–Trinajstić information content (AvgIpc) is 2.23. The molecule has 0 aliphatic rings. The van der Waals surface area contributed by atoms with Gasteiger partial charge in [-0.25, -0.2) is 0 Å². The molecule has 0 fully saturated rings. The summed E-state index contributed by atoms with van der Waals surface area (Å²) in [5.41, 5.74) is 0. The number of rotatable bonds is 7. The molecular formula is C12H23N3O. The number of likely N-dealkylation sites (N-methyl/N-ethyl adjacent to an activating group) is 1. The van der Waals surface area contributed by atoms with E-state index in [2.05, 4.69) is 24.8 Å². The highest BCUT2D eigenvalue weighted by Crippen LogP contribution is 2.01. The zero-order valence-electron chi connectivity index (χ0n) is 10.9. The molecule has 0 heterocycles. The first-order valence-corrected chi connectivity index (χ1v) is 5.84. The molecule has 92 valence electrons. The third kappa shape index (κ3) is 6.41. The third-order valence-corrected chi connectivity index (χ3v) is 2.42. The van der Waals surface area contributed by atoms with Crippen LogP contribution in [-0.2, 0) is 4.79 Å². The minimum Gasteiger partial charge on any atom is -0.345 e. The Labute approximate surface area is 98.8 Å². The van der Waals surface area contributed by atoms with E-state index in [-0.39, 0.29) is 5.91 Å². The van der Waals surface area contributed by atoms with Crippen molar-refractivity contribution in [2.45, 2.75) is 27.2 Å². The van der Waals surface area contributed by atoms with Gasteiger partial charge in [-0.05, 0) is 12.8 Å². The lowest BCUT2D eigenvalue weighted by atomic mass is 10.2. The van der Waals surface area contributed by atoms with Gasteiger partial charge in [0.25, 0.3) is 0 Å². The molecule has 0 N–H and O–H groups in total. The second kappa shape index (κ2) is 8.12. The lowest BCUT2D eigenvalue weighted by Crippen LogP contribution is -2.40. The van der Waals surface area contributed by atoms with Crippen LogP contribution in [0.2, 0.25) is 0 Å². The highest BCUT2D eigenvalue weighted by molar-refractivity contribution is 5.77. The predicted molar refractivity (Wildman–Crippen MR) is 64.8 cm³/mol. The minimum atomic E-state index is 0.126. The summed E-state index contributed by atoms with van der Waals surface area (Å²) in [6, 6.07) is 2.12. The molecule has 0 radical (unpaired) electrons. The third-order valence-electron chi connectivity index (χ3n) is 2.42. The Kier molecular flexibility index (Phi) is 7.57. The van der Waals surface area contributed by atoms with E-state index in [0.717, 1.165) is 13.1 Å². The highest BCUT2D eigenvalue weighted by Gasteiger charge is 2.14. The molecule has 0 atom stereocenters. The van der Waals surface area contributed by atoms with Gasteiger partial charge < -0.3 is 4.90 Å². The molecule has 0 rings (SSSR count). The van der Waals surface area contributed by atoms with Crippen molar-refractivity contribution in [3.63, 3.8) is 0 Å². The quantitative estimate of drug-likeness (QED) is 0.657. The minimum absolute atomic E-state index is 0.126. The maximum atomic E-state index is 11.7. The zero-order chi connectivity index (χ0) is 12.6. The van der Waals surface area contributed by atoms with Gasteiger partial charge in [0.2, 0.25) is 5.91 Å². The summed E-state index contributed by atoms with van der Waals surface area (Å²) in [6.07, 6.45) is 0.482. The summed E-state index contributed by atoms with van der Waals surface area (Å²) in [5, 5.41) is 8.57. The molecule has 0 saturated heterocycles. The van der Waals surface area contributed by atoms with Crippen molar-refractivity contribution in [3.05, 3.63) is 0 Å². The Balaban J connectivity index is 4.19. The van der Waals surface area contributed by atoms with E-state index in [1.165, 1.54) is 0 Å². The second-order valence-electron chi connectivity index (χ2n) is 4.44. The summed E-state index contributed by atoms with van der Waals surface area (Å²) in [5.74, 6) is 0.638. The van der Waals surface area contributed by atoms with E-state index < -0.39 is 0 Å². The Morgan fingerprint density at radius 2 is 2.06 bits per heavy atom. The molecule has 0 saturated carbocycles. The maximum absolute atomic E-state index is 11.7. The second-order valence-corrected chi connectivity index (χ2v) is 4.44. The van der Waals surface area contributed by atoms with E-state index in [0.29, 0.717) is 25.4 Å². The lowest BCUT2D eigenvalue weighted by molar-refractivity contribution is -0.131. The van der Waals surface area contributed by atoms with Crippen LogP contribution in [0.3, 0.4) is 0 Å². The summed E-state index contributed by atoms with van der Waals surface area (Å²) >= 11 is 0. The van der Waals surface area contributed by atoms with Crippen LogP contribution in [0.4, 0.5) is 0 Å². The number of nitrogens with zero attached hydrogens (tertiary/aromatic N) is 3. The monoisotopic (exact) mass is 225 g/mol. The van der Waals surface area contributed by atoms with Gasteiger partial charge in [0.1, 0.15) is 0 Å². The standard InChI is InChI=1S/C12H23N3O/c1-5-14(4)12(16)10-15(8-6-7-13)9-11(2)3/h11H,5-6,8-10H2,1-4H3. The van der Waals surface area contributed by atoms with Gasteiger partial charge >= 0.3 is 0 Å². The topological polar surface area (TPSA) is 47.3 Å². The van der Waals surface area contributed by atoms with Crippen LogP contribution < -0.4 is 0 Å². The molecule has 0 aromatic rings. The molecule has 0 aromatic heterocycles. The van der Waals surface area contributed by atoms with Gasteiger partial charge in [-0.1, -0.05) is 13.8 Å². The molecule has 0 aliphatic carbocycles. The van der Waals surface area contributed by atoms with E-state index in [1.54, 1.807) is 11.9 Å². The summed E-state index contributed by atoms with van der Waals surface area (Å²) < 4.78 is 0. The van der Waals surface area contributed by atoms with Crippen LogP contribution in [-0.4, -0.2) is 48.9 Å². The van der Waals surface area contributed by atoms with E-state index in [4.69, 9.17) is 5.26 Å². The number of carbonyl (C=O) groups is 1. The molecule has 0 aliphatic heterocycles. The summed E-state index contributed by atoms with van der Waals surface area (Å²) in [7, 11) is 1.81. The van der Waals surface area contributed by atoms with Crippen LogP contribution in [0.25, 0.3) is 0 Å². The smallest absolute Gasteiger partial charge is 0.236 e. The lowest BCUT2D eigenvalue weighted by Gasteiger charge is -2.25. The number of hydrogen-bond donors (Lipinski definition) is 0. The van der Waals surface area contributed by atoms with Gasteiger partial charge in [0.15, 0.2) is 0 Å². The van der Waals surface area contributed by atoms with Gasteiger partial charge in [0, 0.05) is 33.1 Å². The van der Waals surface area contributed by atoms with Crippen molar-refractivity contribution in [1.82, 2.24) is 9.80 Å². The highest BCUT2D eigenvalue weighted by atomic mass is 16.2. The molecule has 16 heavy (non-hydrogen) atoms. The normalized spacial score (nSPS) is 10.6. The van der Waals surface area contributed by atoms with Gasteiger partial charge in [0.05, 0.1) is 12.6 Å². The van der Waals surface area contributed by atoms with E-state index in [9.17, 15) is 4.79 Å². The molecule has 0 bridgehead atoms. The van der Waals surface area contributed by atoms with Crippen molar-refractivity contribution in [2.75, 3.05) is 33.2 Å². The van der Waals surface area contributed by atoms with Crippen molar-refractivity contribution >= 4 is 5.91 Å². The number of hydrogen-bond acceptors (Lipinski definition) is 3. The van der Waals surface area contributed by atoms with Gasteiger partial charge in [-0.2, -0.15) is 5.26 Å². The van der Waals surface area contributed by atoms with Gasteiger partial charge in [-0.3, -0.25) is 9.69 Å². The average molecular weight is 225 g/mol. The fraction of sp³-hybridized carbons (Fsp3) is 0.833. The fourth-order valence-electron chi connectivity index (χ4n) is 1.45. The van der Waals surface area contributed by atoms with Crippen molar-refractivity contribution in [3.8, 4) is 6.07 Å². The van der Waals surface area contributed by atoms with E-state index in [1.807, 2.05) is 6.92 Å². The Bertz CT molecular complexity index is 245. The molecule has 0 spiro atoms. The van der Waals surface area contributed by atoms with Crippen molar-refractivity contribution in [2.24, 2.45) is 5.92 Å². The van der Waals surface area contributed by atoms with Crippen molar-refractivity contribution in [1.29, 1.82) is 5.26 Å². The molecule has 4 nitrogen and oxygen atoms in total. The maximum Gasteiger partial charge on any atom is 0.236 e. The van der Waals surface area contributed by atoms with Crippen molar-refractivity contribution < 1.29 is 4.79 Å². The Morgan fingerprint density at radius 1 is 1.44 bits per heavy atom. The van der Waals surface area contributed by atoms with Crippen LogP contribution in [0.5, 0.6) is 0 Å².